The molecule has 0 saturated carbocycles. The number of nitrogens with two attached hydrogens (primary N) is 1. The Morgan fingerprint density at radius 1 is 1.08 bits per heavy atom. The van der Waals surface area contributed by atoms with Crippen molar-refractivity contribution in [3.8, 4) is 11.3 Å². The van der Waals surface area contributed by atoms with E-state index in [0.717, 1.165) is 46.5 Å². The van der Waals surface area contributed by atoms with E-state index in [0.29, 0.717) is 18.9 Å². The number of hydrogen-bond donors (Lipinski definition) is 3. The molecule has 194 valence electrons. The third-order valence-corrected chi connectivity index (χ3v) is 6.76. The van der Waals surface area contributed by atoms with Gasteiger partial charge in [-0.15, -0.1) is 0 Å². The Labute approximate surface area is 220 Å². The van der Waals surface area contributed by atoms with Crippen LogP contribution in [-0.2, 0) is 20.1 Å². The summed E-state index contributed by atoms with van der Waals surface area (Å²) in [4.78, 5) is 35.6. The lowest BCUT2D eigenvalue weighted by Crippen LogP contribution is -2.45. The van der Waals surface area contributed by atoms with Gasteiger partial charge in [-0.1, -0.05) is 48.5 Å². The van der Waals surface area contributed by atoms with Crippen LogP contribution in [0.1, 0.15) is 24.0 Å². The van der Waals surface area contributed by atoms with Gasteiger partial charge >= 0.3 is 5.69 Å². The van der Waals surface area contributed by atoms with Crippen molar-refractivity contribution in [1.29, 1.82) is 0 Å². The van der Waals surface area contributed by atoms with E-state index < -0.39 is 11.2 Å². The van der Waals surface area contributed by atoms with Crippen molar-refractivity contribution >= 4 is 17.3 Å². The Balaban J connectivity index is 1.52. The molecule has 9 heteroatoms. The van der Waals surface area contributed by atoms with Crippen LogP contribution in [0.3, 0.4) is 0 Å². The van der Waals surface area contributed by atoms with E-state index in [9.17, 15) is 9.59 Å². The molecular weight excluding hydrogens is 478 g/mol. The topological polar surface area (TPSA) is 119 Å². The van der Waals surface area contributed by atoms with Gasteiger partial charge in [0.25, 0.3) is 5.56 Å². The van der Waals surface area contributed by atoms with E-state index in [2.05, 4.69) is 15.6 Å². The highest BCUT2D eigenvalue weighted by Gasteiger charge is 2.23. The average molecular weight is 510 g/mol. The Kier molecular flexibility index (Phi) is 7.46. The molecule has 1 unspecified atom stereocenters. The number of anilines is 2. The molecule has 0 aliphatic carbocycles. The molecule has 4 aromatic rings. The van der Waals surface area contributed by atoms with E-state index in [-0.39, 0.29) is 17.4 Å². The zero-order chi connectivity index (χ0) is 26.5. The van der Waals surface area contributed by atoms with E-state index in [1.807, 2.05) is 72.8 Å². The fraction of sp³-hybridized carbons (Fsp3) is 0.241. The summed E-state index contributed by atoms with van der Waals surface area (Å²) < 4.78 is 2.58. The minimum absolute atomic E-state index is 0.111. The van der Waals surface area contributed by atoms with E-state index in [1.54, 1.807) is 6.20 Å². The smallest absolute Gasteiger partial charge is 0.332 e. The predicted octanol–water partition coefficient (Wildman–Crippen LogP) is 3.00. The molecule has 9 nitrogen and oxygen atoms in total. The summed E-state index contributed by atoms with van der Waals surface area (Å²) in [6, 6.07) is 23.4. The zero-order valence-electron chi connectivity index (χ0n) is 21.3. The molecule has 1 aliphatic heterocycles. The molecule has 4 N–H and O–H groups in total. The summed E-state index contributed by atoms with van der Waals surface area (Å²) in [7, 11) is 1.47. The molecule has 2 aromatic carbocycles. The number of rotatable bonds is 7. The first-order valence-corrected chi connectivity index (χ1v) is 12.7. The third-order valence-electron chi connectivity index (χ3n) is 6.76. The van der Waals surface area contributed by atoms with Gasteiger partial charge in [-0.05, 0) is 49.2 Å². The standard InChI is InChI=1S/C29H31N7O2/c1-35-28(37)25(26(30)36(29(35)38)19-23-10-7-17-31-23)27(34-22-8-3-2-4-9-22)33-18-20-12-14-21(15-13-20)24-11-5-6-16-32-24/h2-6,8-9,11-16,23,31H,7,10,17-19,30H2,1H3,(H,33,34). The first-order chi connectivity index (χ1) is 18.5. The molecule has 0 spiro atoms. The maximum Gasteiger partial charge on any atom is 0.332 e. The molecule has 2 aromatic heterocycles. The lowest BCUT2D eigenvalue weighted by atomic mass is 10.1. The molecule has 1 fully saturated rings. The van der Waals surface area contributed by atoms with Crippen LogP contribution in [0.15, 0.2) is 93.6 Å². The van der Waals surface area contributed by atoms with Gasteiger partial charge in [-0.3, -0.25) is 23.9 Å². The number of amidine groups is 1. The fourth-order valence-corrected chi connectivity index (χ4v) is 4.64. The molecule has 1 saturated heterocycles. The summed E-state index contributed by atoms with van der Waals surface area (Å²) in [5, 5.41) is 6.66. The number of aliphatic imine (C=N–C) groups is 1. The van der Waals surface area contributed by atoms with Crippen molar-refractivity contribution in [3.05, 3.63) is 111 Å². The number of nitrogen functional groups attached to an aromatic ring is 1. The predicted molar refractivity (Wildman–Crippen MR) is 151 cm³/mol. The Morgan fingerprint density at radius 3 is 2.53 bits per heavy atom. The molecule has 0 radical (unpaired) electrons. The summed E-state index contributed by atoms with van der Waals surface area (Å²) in [5.41, 5.74) is 9.40. The maximum absolute atomic E-state index is 13.4. The van der Waals surface area contributed by atoms with Crippen LogP contribution in [0.5, 0.6) is 0 Å². The van der Waals surface area contributed by atoms with Gasteiger partial charge in [0, 0.05) is 37.1 Å². The fourth-order valence-electron chi connectivity index (χ4n) is 4.64. The van der Waals surface area contributed by atoms with Crippen molar-refractivity contribution in [2.24, 2.45) is 12.0 Å². The van der Waals surface area contributed by atoms with Gasteiger partial charge in [0.1, 0.15) is 17.2 Å². The van der Waals surface area contributed by atoms with Gasteiger partial charge in [0.2, 0.25) is 0 Å². The van der Waals surface area contributed by atoms with Crippen molar-refractivity contribution in [2.75, 3.05) is 17.6 Å². The Morgan fingerprint density at radius 2 is 1.84 bits per heavy atom. The van der Waals surface area contributed by atoms with Gasteiger partial charge in [-0.25, -0.2) is 4.79 Å². The number of hydrogen-bond acceptors (Lipinski definition) is 6. The van der Waals surface area contributed by atoms with Crippen LogP contribution in [0.25, 0.3) is 11.3 Å². The van der Waals surface area contributed by atoms with Crippen LogP contribution in [0.2, 0.25) is 0 Å². The second-order valence-electron chi connectivity index (χ2n) is 9.38. The van der Waals surface area contributed by atoms with Gasteiger partial charge in [0.05, 0.1) is 12.2 Å². The van der Waals surface area contributed by atoms with Crippen LogP contribution >= 0.6 is 0 Å². The molecule has 0 bridgehead atoms. The van der Waals surface area contributed by atoms with Crippen LogP contribution in [0.4, 0.5) is 11.5 Å². The lowest BCUT2D eigenvalue weighted by molar-refractivity contribution is 0.485. The van der Waals surface area contributed by atoms with E-state index in [4.69, 9.17) is 10.7 Å². The number of benzene rings is 2. The Bertz CT molecular complexity index is 1540. The minimum atomic E-state index is -0.490. The molecule has 38 heavy (non-hydrogen) atoms. The van der Waals surface area contributed by atoms with E-state index in [1.165, 1.54) is 11.6 Å². The van der Waals surface area contributed by atoms with Crippen molar-refractivity contribution in [1.82, 2.24) is 19.4 Å². The highest BCUT2D eigenvalue weighted by molar-refractivity contribution is 6.10. The lowest BCUT2D eigenvalue weighted by Gasteiger charge is -2.19. The third kappa shape index (κ3) is 5.42. The summed E-state index contributed by atoms with van der Waals surface area (Å²) >= 11 is 0. The van der Waals surface area contributed by atoms with Crippen LogP contribution in [-0.4, -0.2) is 32.5 Å². The first kappa shape index (κ1) is 25.2. The molecule has 3 heterocycles. The molecule has 1 atom stereocenters. The normalized spacial score (nSPS) is 15.5. The van der Waals surface area contributed by atoms with Gasteiger partial charge in [-0.2, -0.15) is 0 Å². The number of nitrogens with one attached hydrogen (secondary N) is 2. The number of pyridine rings is 1. The molecule has 5 rings (SSSR count). The second-order valence-corrected chi connectivity index (χ2v) is 9.38. The molecule has 1 aliphatic rings. The summed E-state index contributed by atoms with van der Waals surface area (Å²) in [6.45, 7) is 1.60. The van der Waals surface area contributed by atoms with E-state index >= 15 is 0 Å². The van der Waals surface area contributed by atoms with Crippen LogP contribution in [0, 0.1) is 0 Å². The quantitative estimate of drug-likeness (QED) is 0.260. The number of aromatic nitrogens is 3. The highest BCUT2D eigenvalue weighted by Crippen LogP contribution is 2.18. The van der Waals surface area contributed by atoms with Crippen LogP contribution < -0.4 is 27.6 Å². The zero-order valence-corrected chi connectivity index (χ0v) is 21.3. The van der Waals surface area contributed by atoms with Crippen molar-refractivity contribution in [3.63, 3.8) is 0 Å². The Hall–Kier alpha value is -4.50. The minimum Gasteiger partial charge on any atom is -0.384 e. The SMILES string of the molecule is Cn1c(=O)c(C(=NCc2ccc(-c3ccccn3)cc2)Nc2ccccc2)c(N)n(CC2CCCN2)c1=O. The summed E-state index contributed by atoms with van der Waals surface area (Å²) in [6.07, 6.45) is 3.75. The summed E-state index contributed by atoms with van der Waals surface area (Å²) in [5.74, 6) is 0.427. The van der Waals surface area contributed by atoms with Crippen molar-refractivity contribution < 1.29 is 0 Å². The van der Waals surface area contributed by atoms with Crippen molar-refractivity contribution in [2.45, 2.75) is 32.0 Å². The second kappa shape index (κ2) is 11.3. The number of nitrogens with zero attached hydrogens (tertiary/aromatic N) is 4. The van der Waals surface area contributed by atoms with Gasteiger partial charge < -0.3 is 16.4 Å². The van der Waals surface area contributed by atoms with Gasteiger partial charge in [0.15, 0.2) is 0 Å². The largest absolute Gasteiger partial charge is 0.384 e. The molecule has 0 amide bonds. The molecular formula is C29H31N7O2. The number of para-hydroxylation sites is 1. The monoisotopic (exact) mass is 509 g/mol. The average Bonchev–Trinajstić information content (AvgIpc) is 3.48. The highest BCUT2D eigenvalue weighted by atomic mass is 16.2. The first-order valence-electron chi connectivity index (χ1n) is 12.7. The maximum atomic E-state index is 13.4.